The lowest BCUT2D eigenvalue weighted by Crippen LogP contribution is -2.36. The molecule has 1 atom stereocenters. The number of methoxy groups -OCH3 is 2. The molecule has 4 rings (SSSR count). The molecule has 2 aromatic heterocycles. The second kappa shape index (κ2) is 28.4. The van der Waals surface area contributed by atoms with Crippen LogP contribution in [0.25, 0.3) is 11.4 Å². The maximum absolute atomic E-state index is 15.0. The summed E-state index contributed by atoms with van der Waals surface area (Å²) in [7, 11) is -2.14. The number of para-hydroxylation sites is 2. The summed E-state index contributed by atoms with van der Waals surface area (Å²) in [6, 6.07) is 15.3. The van der Waals surface area contributed by atoms with Gasteiger partial charge in [0.15, 0.2) is 41.0 Å². The summed E-state index contributed by atoms with van der Waals surface area (Å²) in [5.41, 5.74) is 0.521. The molecule has 0 saturated carbocycles. The van der Waals surface area contributed by atoms with Crippen LogP contribution in [-0.2, 0) is 53.6 Å². The Morgan fingerprint density at radius 2 is 1.39 bits per heavy atom. The van der Waals surface area contributed by atoms with Gasteiger partial charge in [0, 0.05) is 31.2 Å². The number of pyridine rings is 1. The van der Waals surface area contributed by atoms with E-state index >= 15 is 8.42 Å². The molecule has 27 heteroatoms. The van der Waals surface area contributed by atoms with Gasteiger partial charge in [-0.1, -0.05) is 39.0 Å². The number of rotatable bonds is 30. The molecule has 0 radical (unpaired) electrons. The standard InChI is InChI=1S/C44H58N6O20S/c1-44(2,3)31-18-21-36(45-26-31)71(59,60)48(29-66-43(54)63-23-8-9-24-67-49(55)56)41-39(70-35-13-7-6-12-34(35)62-5)42(47-40(46-41)30-16-19-32(61-4)20-17-30)65-28-33(69-38(53)14-10-22-51)27-64-37(52)15-11-25-68-50(57)58/h6-7,12-13,16-21,26,33,51,55-58H,8-11,14-15,22-25,27-29H2,1-5H3. The Bertz CT molecular complexity index is 2410. The number of carbonyl (C=O) groups excluding carboxylic acids is 3. The van der Waals surface area contributed by atoms with E-state index in [2.05, 4.69) is 24.6 Å². The highest BCUT2D eigenvalue weighted by Crippen LogP contribution is 2.44. The molecule has 26 nitrogen and oxygen atoms in total. The van der Waals surface area contributed by atoms with Crippen molar-refractivity contribution in [3.8, 4) is 40.3 Å². The van der Waals surface area contributed by atoms with E-state index in [1.807, 2.05) is 20.8 Å². The Morgan fingerprint density at radius 3 is 2.01 bits per heavy atom. The lowest BCUT2D eigenvalue weighted by Gasteiger charge is -2.26. The third-order valence-electron chi connectivity index (χ3n) is 9.51. The minimum atomic E-state index is -4.94. The van der Waals surface area contributed by atoms with E-state index < -0.39 is 92.8 Å². The molecule has 0 saturated heterocycles. The Hall–Kier alpha value is -6.53. The van der Waals surface area contributed by atoms with Gasteiger partial charge in [0.2, 0.25) is 5.75 Å². The van der Waals surface area contributed by atoms with Crippen molar-refractivity contribution in [1.82, 2.24) is 25.7 Å². The third kappa shape index (κ3) is 18.6. The maximum Gasteiger partial charge on any atom is 0.510 e. The van der Waals surface area contributed by atoms with Crippen LogP contribution in [0.1, 0.15) is 64.9 Å². The molecular weight excluding hydrogens is 965 g/mol. The van der Waals surface area contributed by atoms with Gasteiger partial charge >= 0.3 is 18.1 Å². The molecule has 0 aliphatic rings. The summed E-state index contributed by atoms with van der Waals surface area (Å²) in [6.45, 7) is 2.35. The van der Waals surface area contributed by atoms with Crippen molar-refractivity contribution >= 4 is 33.9 Å². The van der Waals surface area contributed by atoms with Crippen LogP contribution in [0.2, 0.25) is 0 Å². The van der Waals surface area contributed by atoms with Crippen molar-refractivity contribution in [3.63, 3.8) is 0 Å². The lowest BCUT2D eigenvalue weighted by atomic mass is 9.88. The minimum Gasteiger partial charge on any atom is -0.497 e. The predicted molar refractivity (Wildman–Crippen MR) is 241 cm³/mol. The topological polar surface area (TPSA) is 327 Å². The molecule has 0 aliphatic carbocycles. The average Bonchev–Trinajstić information content (AvgIpc) is 3.34. The van der Waals surface area contributed by atoms with Crippen LogP contribution in [0.3, 0.4) is 0 Å². The van der Waals surface area contributed by atoms with Gasteiger partial charge in [-0.2, -0.15) is 13.4 Å². The van der Waals surface area contributed by atoms with Crippen LogP contribution < -0.4 is 23.3 Å². The molecule has 1 unspecified atom stereocenters. The number of unbranched alkanes of at least 4 members (excludes halogenated alkanes) is 1. The summed E-state index contributed by atoms with van der Waals surface area (Å²) in [5, 5.41) is 42.9. The summed E-state index contributed by atoms with van der Waals surface area (Å²) in [5.74, 6) is -2.83. The molecule has 0 amide bonds. The van der Waals surface area contributed by atoms with Crippen LogP contribution in [-0.4, -0.2) is 145 Å². The van der Waals surface area contributed by atoms with Crippen molar-refractivity contribution in [2.75, 3.05) is 64.9 Å². The minimum absolute atomic E-state index is 0.00224. The van der Waals surface area contributed by atoms with Gasteiger partial charge in [0.05, 0.1) is 44.8 Å². The molecule has 0 bridgehead atoms. The fraction of sp³-hybridized carbons (Fsp3) is 0.455. The van der Waals surface area contributed by atoms with E-state index in [4.69, 9.17) is 58.7 Å². The SMILES string of the molecule is COc1ccc(-c2nc(OCC(COC(=O)CCCON(O)O)OC(=O)CCCO)c(Oc3ccccc3OC)c(N(COC(=O)OCCCCON(O)O)S(=O)(=O)c3ccc(C(C)(C)C)cn3)n2)cc1. The molecule has 4 aromatic rings. The number of aliphatic hydroxyl groups excluding tert-OH is 1. The van der Waals surface area contributed by atoms with E-state index in [1.165, 1.54) is 38.6 Å². The zero-order valence-corrected chi connectivity index (χ0v) is 40.4. The molecule has 5 N–H and O–H groups in total. The fourth-order valence-electron chi connectivity index (χ4n) is 5.83. The third-order valence-corrected chi connectivity index (χ3v) is 11.1. The van der Waals surface area contributed by atoms with Gasteiger partial charge in [0.1, 0.15) is 19.0 Å². The van der Waals surface area contributed by atoms with E-state index in [0.717, 1.165) is 0 Å². The zero-order chi connectivity index (χ0) is 52.0. The number of hydrogen-bond donors (Lipinski definition) is 5. The number of aliphatic hydroxyl groups is 1. The van der Waals surface area contributed by atoms with Crippen LogP contribution in [0, 0.1) is 0 Å². The molecule has 390 valence electrons. The number of esters is 2. The van der Waals surface area contributed by atoms with Crippen LogP contribution in [0.5, 0.6) is 28.9 Å². The molecule has 2 heterocycles. The Balaban J connectivity index is 1.91. The average molecular weight is 1020 g/mol. The van der Waals surface area contributed by atoms with E-state index in [0.29, 0.717) is 15.6 Å². The predicted octanol–water partition coefficient (Wildman–Crippen LogP) is 5.14. The first kappa shape index (κ1) is 57.1. The van der Waals surface area contributed by atoms with Crippen LogP contribution >= 0.6 is 0 Å². The van der Waals surface area contributed by atoms with Gasteiger partial charge in [-0.3, -0.25) is 40.1 Å². The molecule has 0 fully saturated rings. The van der Waals surface area contributed by atoms with Crippen molar-refractivity contribution in [2.45, 2.75) is 75.8 Å². The van der Waals surface area contributed by atoms with Gasteiger partial charge in [-0.05, 0) is 79.1 Å². The molecule has 2 aromatic carbocycles. The van der Waals surface area contributed by atoms with Crippen molar-refractivity contribution < 1.29 is 96.3 Å². The fourth-order valence-corrected chi connectivity index (χ4v) is 7.02. The highest BCUT2D eigenvalue weighted by Gasteiger charge is 2.36. The lowest BCUT2D eigenvalue weighted by molar-refractivity contribution is -0.492. The smallest absolute Gasteiger partial charge is 0.497 e. The summed E-state index contributed by atoms with van der Waals surface area (Å²) < 4.78 is 75.7. The summed E-state index contributed by atoms with van der Waals surface area (Å²) >= 11 is 0. The van der Waals surface area contributed by atoms with E-state index in [1.54, 1.807) is 42.5 Å². The highest BCUT2D eigenvalue weighted by molar-refractivity contribution is 7.92. The number of anilines is 1. The van der Waals surface area contributed by atoms with Crippen LogP contribution in [0.15, 0.2) is 71.9 Å². The van der Waals surface area contributed by atoms with E-state index in [-0.39, 0.29) is 87.8 Å². The highest BCUT2D eigenvalue weighted by atomic mass is 32.2. The molecular formula is C44H58N6O20S. The Labute approximate surface area is 408 Å². The quantitative estimate of drug-likeness (QED) is 0.0148. The van der Waals surface area contributed by atoms with Crippen molar-refractivity contribution in [1.29, 1.82) is 0 Å². The molecule has 71 heavy (non-hydrogen) atoms. The first-order valence-electron chi connectivity index (χ1n) is 21.7. The first-order chi connectivity index (χ1) is 33.9. The maximum atomic E-state index is 15.0. The number of sulfonamides is 1. The number of hydrogen-bond acceptors (Lipinski definition) is 25. The number of carbonyl (C=O) groups is 3. The Morgan fingerprint density at radius 1 is 0.732 bits per heavy atom. The zero-order valence-electron chi connectivity index (χ0n) is 39.6. The van der Waals surface area contributed by atoms with Gasteiger partial charge in [-0.25, -0.2) is 19.1 Å². The normalized spacial score (nSPS) is 12.0. The van der Waals surface area contributed by atoms with Crippen molar-refractivity contribution in [2.24, 2.45) is 0 Å². The number of ether oxygens (including phenoxy) is 8. The second-order valence-electron chi connectivity index (χ2n) is 15.8. The first-order valence-corrected chi connectivity index (χ1v) is 23.2. The summed E-state index contributed by atoms with van der Waals surface area (Å²) in [4.78, 5) is 61.3. The second-order valence-corrected chi connectivity index (χ2v) is 17.6. The van der Waals surface area contributed by atoms with Crippen LogP contribution in [0.4, 0.5) is 10.6 Å². The molecule has 0 aliphatic heterocycles. The molecule has 0 spiro atoms. The van der Waals surface area contributed by atoms with Gasteiger partial charge in [0.25, 0.3) is 15.9 Å². The monoisotopic (exact) mass is 1020 g/mol. The van der Waals surface area contributed by atoms with Gasteiger partial charge in [-0.15, -0.1) is 0 Å². The summed E-state index contributed by atoms with van der Waals surface area (Å²) in [6.07, 6.45) is -1.41. The van der Waals surface area contributed by atoms with E-state index in [9.17, 15) is 19.5 Å². The Kier molecular flexibility index (Phi) is 22.8. The largest absolute Gasteiger partial charge is 0.510 e. The van der Waals surface area contributed by atoms with Gasteiger partial charge < -0.3 is 43.0 Å². The number of benzene rings is 2. The van der Waals surface area contributed by atoms with Crippen molar-refractivity contribution in [3.05, 3.63) is 72.4 Å². The number of nitrogens with zero attached hydrogens (tertiary/aromatic N) is 6. The number of aromatic nitrogens is 3.